The fourth-order valence-electron chi connectivity index (χ4n) is 1.31. The van der Waals surface area contributed by atoms with E-state index < -0.39 is 0 Å². The maximum Gasteiger partial charge on any atom is 0.137 e. The lowest BCUT2D eigenvalue weighted by Gasteiger charge is -2.17. The van der Waals surface area contributed by atoms with Crippen LogP contribution >= 0.6 is 0 Å². The number of nitrogens with zero attached hydrogens (tertiary/aromatic N) is 2. The topological polar surface area (TPSA) is 51.4 Å². The van der Waals surface area contributed by atoms with E-state index in [1.54, 1.807) is 12.3 Å². The van der Waals surface area contributed by atoms with Crippen molar-refractivity contribution in [3.8, 4) is 5.75 Å². The molecule has 0 bridgehead atoms. The molecule has 98 valence electrons. The molecule has 0 saturated carbocycles. The summed E-state index contributed by atoms with van der Waals surface area (Å²) < 4.78 is 5.54. The van der Waals surface area contributed by atoms with Crippen molar-refractivity contribution in [1.29, 1.82) is 0 Å². The molecule has 0 saturated heterocycles. The Labute approximate surface area is 105 Å². The molecule has 17 heavy (non-hydrogen) atoms. The van der Waals surface area contributed by atoms with Gasteiger partial charge in [0.1, 0.15) is 18.2 Å². The van der Waals surface area contributed by atoms with Crippen LogP contribution in [0.1, 0.15) is 27.7 Å². The summed E-state index contributed by atoms with van der Waals surface area (Å²) in [5.74, 6) is 1.29. The van der Waals surface area contributed by atoms with E-state index in [1.165, 1.54) is 0 Å². The molecule has 0 aromatic carbocycles. The van der Waals surface area contributed by atoms with Crippen LogP contribution in [-0.4, -0.2) is 36.1 Å². The van der Waals surface area contributed by atoms with Crippen LogP contribution in [0.15, 0.2) is 18.3 Å². The Hall–Kier alpha value is -1.29. The van der Waals surface area contributed by atoms with E-state index in [0.29, 0.717) is 12.4 Å². The minimum absolute atomic E-state index is 0.520. The molecule has 0 radical (unpaired) electrons. The van der Waals surface area contributed by atoms with Gasteiger partial charge in [0.05, 0.1) is 6.20 Å². The average Bonchev–Trinajstić information content (AvgIpc) is 2.39. The fourth-order valence-corrected chi connectivity index (χ4v) is 1.31. The number of nitrogens with two attached hydrogens (primary N) is 1. The third-order valence-corrected chi connectivity index (χ3v) is 2.33. The predicted molar refractivity (Wildman–Crippen MR) is 73.3 cm³/mol. The first-order valence-corrected chi connectivity index (χ1v) is 6.33. The summed E-state index contributed by atoms with van der Waals surface area (Å²) in [6.07, 6.45) is 1.65. The number of hydrogen-bond donors (Lipinski definition) is 1. The summed E-state index contributed by atoms with van der Waals surface area (Å²) in [6.45, 7) is 12.0. The molecule has 0 aliphatic carbocycles. The quantitative estimate of drug-likeness (QED) is 0.828. The van der Waals surface area contributed by atoms with Gasteiger partial charge in [-0.2, -0.15) is 0 Å². The van der Waals surface area contributed by atoms with Crippen LogP contribution in [0.25, 0.3) is 0 Å². The lowest BCUT2D eigenvalue weighted by molar-refractivity contribution is 0.222. The third-order valence-electron chi connectivity index (χ3n) is 2.33. The monoisotopic (exact) mass is 239 g/mol. The SMILES string of the molecule is CC.CCN(CC)CCOc1ccc(N)nc1. The number of ether oxygens (including phenoxy) is 1. The molecule has 1 heterocycles. The summed E-state index contributed by atoms with van der Waals surface area (Å²) >= 11 is 0. The first kappa shape index (κ1) is 15.7. The van der Waals surface area contributed by atoms with Gasteiger partial charge in [0.25, 0.3) is 0 Å². The highest BCUT2D eigenvalue weighted by molar-refractivity contribution is 5.31. The van der Waals surface area contributed by atoms with Crippen LogP contribution in [0.3, 0.4) is 0 Å². The first-order chi connectivity index (χ1) is 8.26. The molecule has 0 aliphatic heterocycles. The summed E-state index contributed by atoms with van der Waals surface area (Å²) in [5, 5.41) is 0. The van der Waals surface area contributed by atoms with Gasteiger partial charge in [-0.3, -0.25) is 0 Å². The van der Waals surface area contributed by atoms with Gasteiger partial charge >= 0.3 is 0 Å². The normalized spacial score (nSPS) is 9.71. The van der Waals surface area contributed by atoms with E-state index in [-0.39, 0.29) is 0 Å². The predicted octanol–water partition coefficient (Wildman–Crippen LogP) is 2.41. The van der Waals surface area contributed by atoms with Gasteiger partial charge in [0, 0.05) is 6.54 Å². The van der Waals surface area contributed by atoms with Crippen LogP contribution in [-0.2, 0) is 0 Å². The van der Waals surface area contributed by atoms with E-state index in [0.717, 1.165) is 25.4 Å². The number of hydrogen-bond acceptors (Lipinski definition) is 4. The van der Waals surface area contributed by atoms with Gasteiger partial charge in [0.2, 0.25) is 0 Å². The fraction of sp³-hybridized carbons (Fsp3) is 0.615. The van der Waals surface area contributed by atoms with Crippen molar-refractivity contribution in [2.45, 2.75) is 27.7 Å². The second kappa shape index (κ2) is 9.90. The van der Waals surface area contributed by atoms with Crippen molar-refractivity contribution in [2.75, 3.05) is 32.0 Å². The molecule has 0 atom stereocenters. The molecule has 0 spiro atoms. The maximum absolute atomic E-state index is 5.54. The van der Waals surface area contributed by atoms with Crippen molar-refractivity contribution in [1.82, 2.24) is 9.88 Å². The van der Waals surface area contributed by atoms with Crippen LogP contribution in [0.5, 0.6) is 5.75 Å². The van der Waals surface area contributed by atoms with Gasteiger partial charge in [-0.05, 0) is 25.2 Å². The summed E-state index contributed by atoms with van der Waals surface area (Å²) in [4.78, 5) is 6.27. The minimum Gasteiger partial charge on any atom is -0.491 e. The van der Waals surface area contributed by atoms with Crippen molar-refractivity contribution in [3.63, 3.8) is 0 Å². The minimum atomic E-state index is 0.520. The molecule has 0 unspecified atom stereocenters. The Balaban J connectivity index is 0.00000121. The zero-order valence-electron chi connectivity index (χ0n) is 11.4. The molecular formula is C13H25N3O. The standard InChI is InChI=1S/C11H19N3O.C2H6/c1-3-14(4-2)7-8-15-10-5-6-11(12)13-9-10;1-2/h5-6,9H,3-4,7-8H2,1-2H3,(H2,12,13);1-2H3. The highest BCUT2D eigenvalue weighted by Gasteiger charge is 1.99. The average molecular weight is 239 g/mol. The number of likely N-dealkylation sites (N-methyl/N-ethyl adjacent to an activating group) is 1. The first-order valence-electron chi connectivity index (χ1n) is 6.33. The largest absolute Gasteiger partial charge is 0.491 e. The van der Waals surface area contributed by atoms with Crippen LogP contribution in [0.2, 0.25) is 0 Å². The zero-order valence-corrected chi connectivity index (χ0v) is 11.4. The molecule has 4 heteroatoms. The molecule has 1 rings (SSSR count). The molecule has 0 fully saturated rings. The van der Waals surface area contributed by atoms with Gasteiger partial charge in [-0.1, -0.05) is 27.7 Å². The number of anilines is 1. The molecule has 0 aliphatic rings. The number of pyridine rings is 1. The third kappa shape index (κ3) is 6.79. The molecule has 2 N–H and O–H groups in total. The van der Waals surface area contributed by atoms with E-state index in [2.05, 4.69) is 23.7 Å². The summed E-state index contributed by atoms with van der Waals surface area (Å²) in [7, 11) is 0. The van der Waals surface area contributed by atoms with E-state index in [9.17, 15) is 0 Å². The Bertz CT molecular complexity index is 270. The number of aromatic nitrogens is 1. The van der Waals surface area contributed by atoms with Crippen LogP contribution in [0, 0.1) is 0 Å². The van der Waals surface area contributed by atoms with Gasteiger partial charge in [-0.15, -0.1) is 0 Å². The molecule has 0 amide bonds. The molecule has 1 aromatic heterocycles. The summed E-state index contributed by atoms with van der Waals surface area (Å²) in [6, 6.07) is 3.58. The van der Waals surface area contributed by atoms with Gasteiger partial charge in [-0.25, -0.2) is 4.98 Å². The van der Waals surface area contributed by atoms with Crippen LogP contribution in [0.4, 0.5) is 5.82 Å². The van der Waals surface area contributed by atoms with Crippen molar-refractivity contribution < 1.29 is 4.74 Å². The van der Waals surface area contributed by atoms with Crippen molar-refractivity contribution >= 4 is 5.82 Å². The second-order valence-corrected chi connectivity index (χ2v) is 3.29. The van der Waals surface area contributed by atoms with E-state index in [1.807, 2.05) is 19.9 Å². The van der Waals surface area contributed by atoms with Gasteiger partial charge < -0.3 is 15.4 Å². The molecule has 4 nitrogen and oxygen atoms in total. The lowest BCUT2D eigenvalue weighted by Crippen LogP contribution is -2.27. The Kier molecular flexibility index (Phi) is 9.15. The van der Waals surface area contributed by atoms with E-state index >= 15 is 0 Å². The zero-order chi connectivity index (χ0) is 13.1. The number of nitrogen functional groups attached to an aromatic ring is 1. The number of rotatable bonds is 6. The second-order valence-electron chi connectivity index (χ2n) is 3.29. The van der Waals surface area contributed by atoms with Crippen molar-refractivity contribution in [2.24, 2.45) is 0 Å². The highest BCUT2D eigenvalue weighted by atomic mass is 16.5. The Morgan fingerprint density at radius 2 is 1.88 bits per heavy atom. The highest BCUT2D eigenvalue weighted by Crippen LogP contribution is 2.09. The van der Waals surface area contributed by atoms with Crippen molar-refractivity contribution in [3.05, 3.63) is 18.3 Å². The summed E-state index contributed by atoms with van der Waals surface area (Å²) in [5.41, 5.74) is 5.47. The van der Waals surface area contributed by atoms with Crippen LogP contribution < -0.4 is 10.5 Å². The van der Waals surface area contributed by atoms with E-state index in [4.69, 9.17) is 10.5 Å². The Morgan fingerprint density at radius 1 is 1.24 bits per heavy atom. The Morgan fingerprint density at radius 3 is 2.35 bits per heavy atom. The molecular weight excluding hydrogens is 214 g/mol. The lowest BCUT2D eigenvalue weighted by atomic mass is 10.4. The smallest absolute Gasteiger partial charge is 0.137 e. The molecule has 1 aromatic rings. The maximum atomic E-state index is 5.54. The van der Waals surface area contributed by atoms with Gasteiger partial charge in [0.15, 0.2) is 0 Å².